The third kappa shape index (κ3) is 3.76. The van der Waals surface area contributed by atoms with Crippen LogP contribution >= 0.6 is 23.2 Å². The standard InChI is InChI=1S/C17H15Cl2NO4S/c1-11(21)20-8-2-3-12-9-14(5-6-16(12)20)25(22,23)24-17-7-4-13(18)10-15(17)19/h4-7,9-10H,2-3,8H2,1H3. The topological polar surface area (TPSA) is 63.7 Å². The number of anilines is 1. The normalized spacial score (nSPS) is 14.1. The van der Waals surface area contributed by atoms with Gasteiger partial charge >= 0.3 is 10.1 Å². The number of hydrogen-bond donors (Lipinski definition) is 0. The second kappa shape index (κ2) is 6.86. The molecule has 0 unspecified atom stereocenters. The van der Waals surface area contributed by atoms with Gasteiger partial charge in [-0.1, -0.05) is 23.2 Å². The van der Waals surface area contributed by atoms with Crippen LogP contribution in [0.5, 0.6) is 5.75 Å². The van der Waals surface area contributed by atoms with Crippen LogP contribution in [0.15, 0.2) is 41.3 Å². The van der Waals surface area contributed by atoms with Gasteiger partial charge in [0.15, 0.2) is 5.75 Å². The van der Waals surface area contributed by atoms with Crippen LogP contribution in [-0.4, -0.2) is 20.9 Å². The highest BCUT2D eigenvalue weighted by molar-refractivity contribution is 7.87. The van der Waals surface area contributed by atoms with E-state index in [1.807, 2.05) is 0 Å². The molecule has 1 aliphatic heterocycles. The Hall–Kier alpha value is -1.76. The van der Waals surface area contributed by atoms with E-state index in [4.69, 9.17) is 27.4 Å². The molecular formula is C17H15Cl2NO4S. The molecule has 132 valence electrons. The van der Waals surface area contributed by atoms with Gasteiger partial charge in [0, 0.05) is 24.2 Å². The van der Waals surface area contributed by atoms with Crippen LogP contribution in [0.2, 0.25) is 10.0 Å². The minimum Gasteiger partial charge on any atom is -0.377 e. The maximum absolute atomic E-state index is 12.5. The molecule has 8 heteroatoms. The molecule has 0 saturated heterocycles. The van der Waals surface area contributed by atoms with Crippen LogP contribution in [0.4, 0.5) is 5.69 Å². The van der Waals surface area contributed by atoms with Gasteiger partial charge in [0.25, 0.3) is 0 Å². The number of amides is 1. The zero-order chi connectivity index (χ0) is 18.2. The molecule has 1 aliphatic rings. The van der Waals surface area contributed by atoms with Crippen LogP contribution in [-0.2, 0) is 21.3 Å². The van der Waals surface area contributed by atoms with Gasteiger partial charge < -0.3 is 9.08 Å². The van der Waals surface area contributed by atoms with E-state index in [2.05, 4.69) is 0 Å². The number of rotatable bonds is 3. The van der Waals surface area contributed by atoms with Gasteiger partial charge in [0.05, 0.1) is 5.02 Å². The SMILES string of the molecule is CC(=O)N1CCCc2cc(S(=O)(=O)Oc3ccc(Cl)cc3Cl)ccc21. The molecular weight excluding hydrogens is 385 g/mol. The summed E-state index contributed by atoms with van der Waals surface area (Å²) in [6.45, 7) is 2.12. The van der Waals surface area contributed by atoms with Crippen LogP contribution in [0.3, 0.4) is 0 Å². The maximum Gasteiger partial charge on any atom is 0.339 e. The van der Waals surface area contributed by atoms with Crippen LogP contribution in [0.1, 0.15) is 18.9 Å². The molecule has 0 atom stereocenters. The van der Waals surface area contributed by atoms with Gasteiger partial charge in [-0.25, -0.2) is 0 Å². The molecule has 5 nitrogen and oxygen atoms in total. The monoisotopic (exact) mass is 399 g/mol. The Bertz CT molecular complexity index is 944. The van der Waals surface area contributed by atoms with Crippen molar-refractivity contribution in [2.24, 2.45) is 0 Å². The van der Waals surface area contributed by atoms with E-state index >= 15 is 0 Å². The lowest BCUT2D eigenvalue weighted by Crippen LogP contribution is -2.33. The molecule has 2 aromatic rings. The van der Waals surface area contributed by atoms with Crippen molar-refractivity contribution in [2.75, 3.05) is 11.4 Å². The van der Waals surface area contributed by atoms with Crippen molar-refractivity contribution < 1.29 is 17.4 Å². The zero-order valence-corrected chi connectivity index (χ0v) is 15.7. The lowest BCUT2D eigenvalue weighted by atomic mass is 10.0. The second-order valence-corrected chi connectivity index (χ2v) is 8.07. The quantitative estimate of drug-likeness (QED) is 0.729. The Morgan fingerprint density at radius 1 is 1.16 bits per heavy atom. The molecule has 0 aliphatic carbocycles. The predicted octanol–water partition coefficient (Wildman–Crippen LogP) is 4.06. The summed E-state index contributed by atoms with van der Waals surface area (Å²) in [5.41, 5.74) is 1.54. The van der Waals surface area contributed by atoms with Gasteiger partial charge in [0.2, 0.25) is 5.91 Å². The van der Waals surface area contributed by atoms with Crippen molar-refractivity contribution in [3.63, 3.8) is 0 Å². The lowest BCUT2D eigenvalue weighted by molar-refractivity contribution is -0.116. The molecule has 3 rings (SSSR count). The molecule has 1 heterocycles. The fourth-order valence-corrected chi connectivity index (χ4v) is 4.26. The van der Waals surface area contributed by atoms with E-state index in [1.54, 1.807) is 17.0 Å². The lowest BCUT2D eigenvalue weighted by Gasteiger charge is -2.28. The highest BCUT2D eigenvalue weighted by atomic mass is 35.5. The first-order valence-corrected chi connectivity index (χ1v) is 9.75. The van der Waals surface area contributed by atoms with E-state index in [0.717, 1.165) is 17.7 Å². The van der Waals surface area contributed by atoms with Gasteiger partial charge in [-0.3, -0.25) is 4.79 Å². The van der Waals surface area contributed by atoms with Crippen molar-refractivity contribution in [1.82, 2.24) is 0 Å². The van der Waals surface area contributed by atoms with E-state index in [-0.39, 0.29) is 21.6 Å². The number of carbonyl (C=O) groups excluding carboxylic acids is 1. The van der Waals surface area contributed by atoms with Gasteiger partial charge in [-0.05, 0) is 54.8 Å². The largest absolute Gasteiger partial charge is 0.377 e. The number of fused-ring (bicyclic) bond motifs is 1. The Morgan fingerprint density at radius 3 is 2.60 bits per heavy atom. The first kappa shape index (κ1) is 18.0. The molecule has 0 aromatic heterocycles. The zero-order valence-electron chi connectivity index (χ0n) is 13.3. The second-order valence-electron chi connectivity index (χ2n) is 5.68. The van der Waals surface area contributed by atoms with Crippen molar-refractivity contribution in [3.8, 4) is 5.75 Å². The first-order chi connectivity index (χ1) is 11.8. The number of benzene rings is 2. The van der Waals surface area contributed by atoms with Gasteiger partial charge in [-0.15, -0.1) is 0 Å². The summed E-state index contributed by atoms with van der Waals surface area (Å²) in [5, 5.41) is 0.490. The van der Waals surface area contributed by atoms with Crippen molar-refractivity contribution >= 4 is 44.9 Å². The molecule has 0 radical (unpaired) electrons. The Kier molecular flexibility index (Phi) is 4.95. The van der Waals surface area contributed by atoms with Crippen LogP contribution in [0.25, 0.3) is 0 Å². The van der Waals surface area contributed by atoms with Crippen molar-refractivity contribution in [3.05, 3.63) is 52.0 Å². The van der Waals surface area contributed by atoms with Crippen LogP contribution in [0, 0.1) is 0 Å². The molecule has 0 bridgehead atoms. The van der Waals surface area contributed by atoms with Crippen molar-refractivity contribution in [1.29, 1.82) is 0 Å². The predicted molar refractivity (Wildman–Crippen MR) is 97.1 cm³/mol. The average Bonchev–Trinajstić information content (AvgIpc) is 2.56. The van der Waals surface area contributed by atoms with E-state index < -0.39 is 10.1 Å². The third-order valence-corrected chi connectivity index (χ3v) is 5.69. The van der Waals surface area contributed by atoms with Crippen molar-refractivity contribution in [2.45, 2.75) is 24.7 Å². The Balaban J connectivity index is 1.94. The molecule has 0 N–H and O–H groups in total. The average molecular weight is 400 g/mol. The third-order valence-electron chi connectivity index (χ3n) is 3.93. The molecule has 0 fully saturated rings. The van der Waals surface area contributed by atoms with Gasteiger partial charge in [-0.2, -0.15) is 8.42 Å². The Morgan fingerprint density at radius 2 is 1.92 bits per heavy atom. The smallest absolute Gasteiger partial charge is 0.339 e. The molecule has 2 aromatic carbocycles. The summed E-state index contributed by atoms with van der Waals surface area (Å²) >= 11 is 11.8. The van der Waals surface area contributed by atoms with E-state index in [1.165, 1.54) is 31.2 Å². The summed E-state index contributed by atoms with van der Waals surface area (Å²) in [7, 11) is -4.05. The summed E-state index contributed by atoms with van der Waals surface area (Å²) in [4.78, 5) is 13.4. The summed E-state index contributed by atoms with van der Waals surface area (Å²) in [6.07, 6.45) is 1.48. The molecule has 0 saturated carbocycles. The molecule has 25 heavy (non-hydrogen) atoms. The van der Waals surface area contributed by atoms with E-state index in [9.17, 15) is 13.2 Å². The summed E-state index contributed by atoms with van der Waals surface area (Å²) in [5.74, 6) is -0.0603. The number of carbonyl (C=O) groups is 1. The number of nitrogens with zero attached hydrogens (tertiary/aromatic N) is 1. The minimum atomic E-state index is -4.05. The minimum absolute atomic E-state index is 0.00847. The van der Waals surface area contributed by atoms with E-state index in [0.29, 0.717) is 18.0 Å². The summed E-state index contributed by atoms with van der Waals surface area (Å²) < 4.78 is 30.2. The highest BCUT2D eigenvalue weighted by Crippen LogP contribution is 2.33. The molecule has 0 spiro atoms. The molecule has 1 amide bonds. The summed E-state index contributed by atoms with van der Waals surface area (Å²) in [6, 6.07) is 8.91. The Labute approximate surface area is 156 Å². The number of halogens is 2. The fourth-order valence-electron chi connectivity index (χ4n) is 2.77. The van der Waals surface area contributed by atoms with Gasteiger partial charge in [0.1, 0.15) is 4.90 Å². The first-order valence-electron chi connectivity index (χ1n) is 7.58. The highest BCUT2D eigenvalue weighted by Gasteiger charge is 2.24. The number of hydrogen-bond acceptors (Lipinski definition) is 4. The van der Waals surface area contributed by atoms with Crippen LogP contribution < -0.4 is 9.08 Å². The maximum atomic E-state index is 12.5. The fraction of sp³-hybridized carbons (Fsp3) is 0.235. The number of aryl methyl sites for hydroxylation is 1.